The Morgan fingerprint density at radius 3 is 1.78 bits per heavy atom. The maximum Gasteiger partial charge on any atom is 0.141 e. The third-order valence-corrected chi connectivity index (χ3v) is 3.30. The lowest BCUT2D eigenvalue weighted by atomic mass is 9.74. The Labute approximate surface area is 115 Å². The van der Waals surface area contributed by atoms with Gasteiger partial charge in [-0.05, 0) is 24.2 Å². The van der Waals surface area contributed by atoms with Crippen molar-refractivity contribution in [2.75, 3.05) is 0 Å². The average molecular weight is 254 g/mol. The van der Waals surface area contributed by atoms with Crippen LogP contribution < -0.4 is 0 Å². The van der Waals surface area contributed by atoms with Crippen molar-refractivity contribution in [3.05, 3.63) is 0 Å². The molecular formula is C17H34O. The molecule has 0 rings (SSSR count). The van der Waals surface area contributed by atoms with Gasteiger partial charge >= 0.3 is 0 Å². The molecule has 0 aromatic rings. The number of carbonyl (C=O) groups is 1. The summed E-state index contributed by atoms with van der Waals surface area (Å²) in [6, 6.07) is 0. The van der Waals surface area contributed by atoms with Gasteiger partial charge in [0.1, 0.15) is 5.78 Å². The highest BCUT2D eigenvalue weighted by Gasteiger charge is 2.31. The summed E-state index contributed by atoms with van der Waals surface area (Å²) in [7, 11) is 0. The monoisotopic (exact) mass is 254 g/mol. The van der Waals surface area contributed by atoms with E-state index in [1.807, 2.05) is 20.8 Å². The van der Waals surface area contributed by atoms with Gasteiger partial charge < -0.3 is 0 Å². The van der Waals surface area contributed by atoms with Crippen molar-refractivity contribution < 1.29 is 4.79 Å². The molecule has 0 heterocycles. The molecule has 1 atom stereocenters. The number of Topliss-reactive ketones (excluding diaryl/α,β-unsaturated/α-hetero) is 1. The fourth-order valence-electron chi connectivity index (χ4n) is 2.45. The highest BCUT2D eigenvalue weighted by molar-refractivity contribution is 5.85. The largest absolute Gasteiger partial charge is 0.299 e. The van der Waals surface area contributed by atoms with E-state index in [1.54, 1.807) is 0 Å². The van der Waals surface area contributed by atoms with Gasteiger partial charge in [0.05, 0.1) is 0 Å². The molecule has 0 saturated carbocycles. The Kier molecular flexibility index (Phi) is 6.60. The van der Waals surface area contributed by atoms with E-state index in [2.05, 4.69) is 34.6 Å². The number of ketones is 1. The van der Waals surface area contributed by atoms with Gasteiger partial charge in [0.2, 0.25) is 0 Å². The molecule has 0 aliphatic carbocycles. The van der Waals surface area contributed by atoms with Gasteiger partial charge in [-0.1, -0.05) is 68.2 Å². The third-order valence-electron chi connectivity index (χ3n) is 3.30. The van der Waals surface area contributed by atoms with Crippen molar-refractivity contribution in [3.8, 4) is 0 Å². The van der Waals surface area contributed by atoms with E-state index < -0.39 is 0 Å². The molecule has 0 N–H and O–H groups in total. The van der Waals surface area contributed by atoms with Crippen LogP contribution in [0, 0.1) is 22.7 Å². The van der Waals surface area contributed by atoms with Gasteiger partial charge in [0.25, 0.3) is 0 Å². The Hall–Kier alpha value is -0.330. The Balaban J connectivity index is 4.58. The van der Waals surface area contributed by atoms with E-state index in [1.165, 1.54) is 12.8 Å². The van der Waals surface area contributed by atoms with E-state index in [0.717, 1.165) is 18.8 Å². The topological polar surface area (TPSA) is 17.1 Å². The van der Waals surface area contributed by atoms with Crippen molar-refractivity contribution in [1.82, 2.24) is 0 Å². The molecule has 0 radical (unpaired) electrons. The molecule has 0 fully saturated rings. The molecule has 18 heavy (non-hydrogen) atoms. The SMILES string of the molecule is CC(C)CCC[C@H](CC(C)(C)C)C(=O)C(C)(C)C. The van der Waals surface area contributed by atoms with E-state index in [0.29, 0.717) is 5.78 Å². The lowest BCUT2D eigenvalue weighted by Crippen LogP contribution is -2.31. The first-order valence-corrected chi connectivity index (χ1v) is 7.48. The second kappa shape index (κ2) is 6.73. The lowest BCUT2D eigenvalue weighted by Gasteiger charge is -2.30. The molecule has 0 aromatic heterocycles. The van der Waals surface area contributed by atoms with Crippen molar-refractivity contribution >= 4 is 5.78 Å². The summed E-state index contributed by atoms with van der Waals surface area (Å²) in [6.07, 6.45) is 4.49. The zero-order chi connectivity index (χ0) is 14.6. The van der Waals surface area contributed by atoms with Crippen molar-refractivity contribution in [1.29, 1.82) is 0 Å². The minimum atomic E-state index is -0.201. The maximum atomic E-state index is 12.5. The zero-order valence-corrected chi connectivity index (χ0v) is 13.9. The van der Waals surface area contributed by atoms with Gasteiger partial charge in [-0.3, -0.25) is 4.79 Å². The van der Waals surface area contributed by atoms with Gasteiger partial charge in [-0.25, -0.2) is 0 Å². The summed E-state index contributed by atoms with van der Waals surface area (Å²) in [6.45, 7) is 17.4. The number of carbonyl (C=O) groups excluding carboxylic acids is 1. The second-order valence-corrected chi connectivity index (χ2v) is 8.40. The summed E-state index contributed by atoms with van der Waals surface area (Å²) in [5.74, 6) is 1.43. The molecule has 0 unspecified atom stereocenters. The predicted octanol–water partition coefficient (Wildman–Crippen LogP) is 5.48. The van der Waals surface area contributed by atoms with Gasteiger partial charge in [-0.2, -0.15) is 0 Å². The standard InChI is InChI=1S/C17H34O/c1-13(2)10-9-11-14(12-16(3,4)5)15(18)17(6,7)8/h13-14H,9-12H2,1-8H3/t14-/m1/s1. The molecule has 1 nitrogen and oxygen atoms in total. The van der Waals surface area contributed by atoms with Crippen molar-refractivity contribution in [2.24, 2.45) is 22.7 Å². The zero-order valence-electron chi connectivity index (χ0n) is 13.9. The van der Waals surface area contributed by atoms with E-state index in [4.69, 9.17) is 0 Å². The van der Waals surface area contributed by atoms with E-state index in [9.17, 15) is 4.79 Å². The third kappa shape index (κ3) is 7.89. The molecule has 0 bridgehead atoms. The Morgan fingerprint density at radius 2 is 1.44 bits per heavy atom. The molecule has 0 amide bonds. The summed E-state index contributed by atoms with van der Waals surface area (Å²) in [5.41, 5.74) is 0.0388. The van der Waals surface area contributed by atoms with Gasteiger partial charge in [-0.15, -0.1) is 0 Å². The van der Waals surface area contributed by atoms with Crippen LogP contribution in [0.25, 0.3) is 0 Å². The van der Waals surface area contributed by atoms with E-state index in [-0.39, 0.29) is 16.7 Å². The minimum absolute atomic E-state index is 0.201. The van der Waals surface area contributed by atoms with Crippen LogP contribution in [0.4, 0.5) is 0 Å². The van der Waals surface area contributed by atoms with Crippen LogP contribution in [0.3, 0.4) is 0 Å². The van der Waals surface area contributed by atoms with Crippen molar-refractivity contribution in [2.45, 2.75) is 81.1 Å². The maximum absolute atomic E-state index is 12.5. The van der Waals surface area contributed by atoms with Crippen LogP contribution in [-0.4, -0.2) is 5.78 Å². The molecule has 1 heteroatoms. The van der Waals surface area contributed by atoms with Gasteiger partial charge in [0.15, 0.2) is 0 Å². The first kappa shape index (κ1) is 17.7. The summed E-state index contributed by atoms with van der Waals surface area (Å²) < 4.78 is 0. The van der Waals surface area contributed by atoms with Crippen LogP contribution in [0.2, 0.25) is 0 Å². The first-order valence-electron chi connectivity index (χ1n) is 7.48. The fourth-order valence-corrected chi connectivity index (χ4v) is 2.45. The summed E-state index contributed by atoms with van der Waals surface area (Å²) in [4.78, 5) is 12.5. The highest BCUT2D eigenvalue weighted by atomic mass is 16.1. The van der Waals surface area contributed by atoms with Crippen LogP contribution >= 0.6 is 0 Å². The molecular weight excluding hydrogens is 220 g/mol. The molecule has 0 spiro atoms. The van der Waals surface area contributed by atoms with Crippen LogP contribution in [0.1, 0.15) is 81.1 Å². The van der Waals surface area contributed by atoms with Crippen LogP contribution in [-0.2, 0) is 4.79 Å². The van der Waals surface area contributed by atoms with Gasteiger partial charge in [0, 0.05) is 11.3 Å². The lowest BCUT2D eigenvalue weighted by molar-refractivity contribution is -0.131. The smallest absolute Gasteiger partial charge is 0.141 e. The molecule has 0 saturated heterocycles. The summed E-state index contributed by atoms with van der Waals surface area (Å²) >= 11 is 0. The molecule has 0 aliphatic heterocycles. The first-order chi connectivity index (χ1) is 7.93. The quantitative estimate of drug-likeness (QED) is 0.613. The molecule has 0 aromatic carbocycles. The summed E-state index contributed by atoms with van der Waals surface area (Å²) in [5, 5.41) is 0. The van der Waals surface area contributed by atoms with Crippen molar-refractivity contribution in [3.63, 3.8) is 0 Å². The number of hydrogen-bond donors (Lipinski definition) is 0. The van der Waals surface area contributed by atoms with E-state index >= 15 is 0 Å². The van der Waals surface area contributed by atoms with Crippen LogP contribution in [0.15, 0.2) is 0 Å². The highest BCUT2D eigenvalue weighted by Crippen LogP contribution is 2.33. The second-order valence-electron chi connectivity index (χ2n) is 8.40. The Bertz CT molecular complexity index is 250. The Morgan fingerprint density at radius 1 is 0.944 bits per heavy atom. The predicted molar refractivity (Wildman–Crippen MR) is 80.7 cm³/mol. The fraction of sp³-hybridized carbons (Fsp3) is 0.941. The van der Waals surface area contributed by atoms with Crippen LogP contribution in [0.5, 0.6) is 0 Å². The minimum Gasteiger partial charge on any atom is -0.299 e. The molecule has 0 aliphatic rings. The molecule has 108 valence electrons. The normalized spacial score (nSPS) is 14.9. The number of hydrogen-bond acceptors (Lipinski definition) is 1. The number of rotatable bonds is 6. The average Bonchev–Trinajstić information content (AvgIpc) is 2.11.